The summed E-state index contributed by atoms with van der Waals surface area (Å²) in [4.78, 5) is 18.6. The molecule has 0 aliphatic carbocycles. The minimum atomic E-state index is -0.179. The molecule has 0 bridgehead atoms. The monoisotopic (exact) mass is 317 g/mol. The first-order valence-electron chi connectivity index (χ1n) is 8.32. The number of ether oxygens (including phenoxy) is 1. The maximum Gasteiger partial charge on any atom is 0.241 e. The van der Waals surface area contributed by atoms with E-state index in [1.807, 2.05) is 23.2 Å². The molecule has 3 N–H and O–H groups in total. The third-order valence-electron chi connectivity index (χ3n) is 5.00. The second-order valence-electron chi connectivity index (χ2n) is 6.70. The zero-order valence-electron chi connectivity index (χ0n) is 13.1. The fourth-order valence-electron chi connectivity index (χ4n) is 3.83. The average molecular weight is 317 g/mol. The number of hydrogen-bond acceptors (Lipinski definition) is 6. The molecule has 3 saturated heterocycles. The van der Waals surface area contributed by atoms with Gasteiger partial charge in [0.05, 0.1) is 23.9 Å². The Kier molecular flexibility index (Phi) is 3.92. The van der Waals surface area contributed by atoms with Crippen molar-refractivity contribution < 1.29 is 9.53 Å². The van der Waals surface area contributed by atoms with E-state index in [0.29, 0.717) is 13.2 Å². The zero-order valence-corrected chi connectivity index (χ0v) is 13.1. The van der Waals surface area contributed by atoms with Gasteiger partial charge in [0.25, 0.3) is 0 Å². The van der Waals surface area contributed by atoms with E-state index in [4.69, 9.17) is 4.74 Å². The molecule has 1 aromatic rings. The van der Waals surface area contributed by atoms with Crippen LogP contribution in [0.5, 0.6) is 0 Å². The molecule has 4 rings (SSSR count). The highest BCUT2D eigenvalue weighted by Gasteiger charge is 2.47. The number of rotatable bonds is 3. The van der Waals surface area contributed by atoms with Crippen molar-refractivity contribution in [3.05, 3.63) is 24.5 Å². The lowest BCUT2D eigenvalue weighted by Gasteiger charge is -2.25. The lowest BCUT2D eigenvalue weighted by molar-refractivity contribution is -0.133. The molecule has 3 aliphatic heterocycles. The first-order valence-corrected chi connectivity index (χ1v) is 8.32. The smallest absolute Gasteiger partial charge is 0.241 e. The summed E-state index contributed by atoms with van der Waals surface area (Å²) in [6.45, 7) is 3.02. The van der Waals surface area contributed by atoms with Gasteiger partial charge in [-0.2, -0.15) is 0 Å². The van der Waals surface area contributed by atoms with E-state index in [-0.39, 0.29) is 23.6 Å². The number of aromatic nitrogens is 1. The SMILES string of the molecule is O=C(C1CCNN1)N1CCC2(CC(Nc3cccnc3)CO2)C1. The van der Waals surface area contributed by atoms with E-state index in [2.05, 4.69) is 21.2 Å². The topological polar surface area (TPSA) is 78.5 Å². The van der Waals surface area contributed by atoms with E-state index in [0.717, 1.165) is 38.0 Å². The van der Waals surface area contributed by atoms with Crippen molar-refractivity contribution in [1.82, 2.24) is 20.7 Å². The van der Waals surface area contributed by atoms with E-state index in [1.165, 1.54) is 0 Å². The van der Waals surface area contributed by atoms with Crippen molar-refractivity contribution in [3.8, 4) is 0 Å². The van der Waals surface area contributed by atoms with Crippen LogP contribution in [0.1, 0.15) is 19.3 Å². The van der Waals surface area contributed by atoms with Crippen LogP contribution in [-0.4, -0.2) is 59.7 Å². The molecule has 3 atom stereocenters. The van der Waals surface area contributed by atoms with Crippen LogP contribution in [0.25, 0.3) is 0 Å². The molecule has 3 fully saturated rings. The van der Waals surface area contributed by atoms with E-state index >= 15 is 0 Å². The molecular formula is C16H23N5O2. The van der Waals surface area contributed by atoms with Crippen molar-refractivity contribution in [1.29, 1.82) is 0 Å². The molecule has 1 aromatic heterocycles. The van der Waals surface area contributed by atoms with Crippen LogP contribution in [0.2, 0.25) is 0 Å². The van der Waals surface area contributed by atoms with Crippen molar-refractivity contribution in [3.63, 3.8) is 0 Å². The van der Waals surface area contributed by atoms with Crippen molar-refractivity contribution >= 4 is 11.6 Å². The van der Waals surface area contributed by atoms with Gasteiger partial charge in [0, 0.05) is 38.4 Å². The molecule has 124 valence electrons. The number of hydrogen-bond donors (Lipinski definition) is 3. The van der Waals surface area contributed by atoms with Crippen molar-refractivity contribution in [2.75, 3.05) is 31.6 Å². The van der Waals surface area contributed by atoms with E-state index in [1.54, 1.807) is 6.20 Å². The van der Waals surface area contributed by atoms with Crippen LogP contribution in [0.3, 0.4) is 0 Å². The summed E-state index contributed by atoms with van der Waals surface area (Å²) in [5.74, 6) is 0.194. The highest BCUT2D eigenvalue weighted by molar-refractivity contribution is 5.82. The van der Waals surface area contributed by atoms with Gasteiger partial charge in [-0.25, -0.2) is 5.43 Å². The van der Waals surface area contributed by atoms with Gasteiger partial charge < -0.3 is 15.0 Å². The number of likely N-dealkylation sites (tertiary alicyclic amines) is 1. The molecule has 0 aromatic carbocycles. The summed E-state index contributed by atoms with van der Waals surface area (Å²) in [5, 5.41) is 3.48. The van der Waals surface area contributed by atoms with Gasteiger partial charge in [-0.05, 0) is 25.0 Å². The Bertz CT molecular complexity index is 563. The van der Waals surface area contributed by atoms with Crippen LogP contribution in [-0.2, 0) is 9.53 Å². The number of anilines is 1. The number of amides is 1. The maximum atomic E-state index is 12.5. The zero-order chi connectivity index (χ0) is 15.7. The lowest BCUT2D eigenvalue weighted by Crippen LogP contribution is -2.46. The lowest BCUT2D eigenvalue weighted by atomic mass is 9.97. The Morgan fingerprint density at radius 1 is 1.52 bits per heavy atom. The van der Waals surface area contributed by atoms with Gasteiger partial charge >= 0.3 is 0 Å². The van der Waals surface area contributed by atoms with E-state index < -0.39 is 0 Å². The molecule has 0 radical (unpaired) electrons. The average Bonchev–Trinajstić information content (AvgIpc) is 3.31. The second-order valence-corrected chi connectivity index (χ2v) is 6.70. The molecule has 3 unspecified atom stereocenters. The molecule has 3 aliphatic rings. The number of pyridine rings is 1. The maximum absolute atomic E-state index is 12.5. The molecular weight excluding hydrogens is 294 g/mol. The van der Waals surface area contributed by atoms with Gasteiger partial charge in [-0.1, -0.05) is 0 Å². The van der Waals surface area contributed by atoms with Crippen molar-refractivity contribution in [2.45, 2.75) is 36.9 Å². The number of nitrogens with one attached hydrogen (secondary N) is 3. The standard InChI is InChI=1S/C16H23N5O2/c22-15(14-3-6-18-20-14)21-7-4-16(11-21)8-13(10-23-16)19-12-2-1-5-17-9-12/h1-2,5,9,13-14,18-20H,3-4,6-8,10-11H2. The van der Waals surface area contributed by atoms with E-state index in [9.17, 15) is 4.79 Å². The summed E-state index contributed by atoms with van der Waals surface area (Å²) < 4.78 is 6.12. The van der Waals surface area contributed by atoms with Gasteiger partial charge in [0.2, 0.25) is 5.91 Å². The second kappa shape index (κ2) is 6.07. The molecule has 4 heterocycles. The summed E-state index contributed by atoms with van der Waals surface area (Å²) in [6, 6.07) is 4.13. The van der Waals surface area contributed by atoms with Crippen LogP contribution in [0.15, 0.2) is 24.5 Å². The Hall–Kier alpha value is -1.70. The Morgan fingerprint density at radius 3 is 3.26 bits per heavy atom. The fraction of sp³-hybridized carbons (Fsp3) is 0.625. The number of carbonyl (C=O) groups excluding carboxylic acids is 1. The van der Waals surface area contributed by atoms with Gasteiger partial charge in [-0.15, -0.1) is 0 Å². The summed E-state index contributed by atoms with van der Waals surface area (Å²) >= 11 is 0. The van der Waals surface area contributed by atoms with Crippen LogP contribution in [0, 0.1) is 0 Å². The summed E-state index contributed by atoms with van der Waals surface area (Å²) in [7, 11) is 0. The molecule has 1 amide bonds. The minimum Gasteiger partial charge on any atom is -0.379 e. The van der Waals surface area contributed by atoms with Crippen LogP contribution < -0.4 is 16.2 Å². The molecule has 7 heteroatoms. The van der Waals surface area contributed by atoms with Gasteiger partial charge in [-0.3, -0.25) is 15.2 Å². The number of carbonyl (C=O) groups is 1. The molecule has 1 spiro atoms. The number of hydrazine groups is 1. The Morgan fingerprint density at radius 2 is 2.48 bits per heavy atom. The summed E-state index contributed by atoms with van der Waals surface area (Å²) in [6.07, 6.45) is 6.30. The van der Waals surface area contributed by atoms with Crippen molar-refractivity contribution in [2.24, 2.45) is 0 Å². The first kappa shape index (κ1) is 14.9. The quantitative estimate of drug-likeness (QED) is 0.735. The third kappa shape index (κ3) is 3.04. The largest absolute Gasteiger partial charge is 0.379 e. The predicted molar refractivity (Wildman–Crippen MR) is 85.7 cm³/mol. The number of nitrogens with zero attached hydrogens (tertiary/aromatic N) is 2. The Balaban J connectivity index is 1.34. The molecule has 0 saturated carbocycles. The van der Waals surface area contributed by atoms with Crippen LogP contribution >= 0.6 is 0 Å². The molecule has 7 nitrogen and oxygen atoms in total. The Labute approximate surface area is 135 Å². The highest BCUT2D eigenvalue weighted by atomic mass is 16.5. The van der Waals surface area contributed by atoms with Crippen LogP contribution in [0.4, 0.5) is 5.69 Å². The normalized spacial score (nSPS) is 33.5. The third-order valence-corrected chi connectivity index (χ3v) is 5.00. The fourth-order valence-corrected chi connectivity index (χ4v) is 3.83. The first-order chi connectivity index (χ1) is 11.2. The van der Waals surface area contributed by atoms with Gasteiger partial charge in [0.15, 0.2) is 0 Å². The van der Waals surface area contributed by atoms with Gasteiger partial charge in [0.1, 0.15) is 6.04 Å². The highest BCUT2D eigenvalue weighted by Crippen LogP contribution is 2.36. The summed E-state index contributed by atoms with van der Waals surface area (Å²) in [5.41, 5.74) is 6.92. The predicted octanol–water partition coefficient (Wildman–Crippen LogP) is 0.120. The molecule has 23 heavy (non-hydrogen) atoms. The minimum absolute atomic E-state index is 0.0872.